The van der Waals surface area contributed by atoms with Crippen LogP contribution >= 0.6 is 0 Å². The van der Waals surface area contributed by atoms with Crippen LogP contribution in [-0.2, 0) is 0 Å². The van der Waals surface area contributed by atoms with E-state index in [2.05, 4.69) is 31.3 Å². The van der Waals surface area contributed by atoms with Crippen molar-refractivity contribution < 1.29 is 9.15 Å². The zero-order chi connectivity index (χ0) is 15.1. The number of nitrogens with one attached hydrogen (secondary N) is 1. The Morgan fingerprint density at radius 3 is 2.43 bits per heavy atom. The van der Waals surface area contributed by atoms with Gasteiger partial charge in [0.25, 0.3) is 0 Å². The van der Waals surface area contributed by atoms with Gasteiger partial charge in [0.1, 0.15) is 11.5 Å². The molecule has 3 heteroatoms. The van der Waals surface area contributed by atoms with E-state index in [9.17, 15) is 0 Å². The normalized spacial score (nSPS) is 12.3. The molecule has 21 heavy (non-hydrogen) atoms. The highest BCUT2D eigenvalue weighted by molar-refractivity contribution is 5.36. The van der Waals surface area contributed by atoms with Crippen LogP contribution in [0.3, 0.4) is 0 Å². The lowest BCUT2D eigenvalue weighted by atomic mass is 9.99. The van der Waals surface area contributed by atoms with Crippen molar-refractivity contribution in [3.05, 3.63) is 53.5 Å². The summed E-state index contributed by atoms with van der Waals surface area (Å²) in [6.45, 7) is 8.03. The zero-order valence-electron chi connectivity index (χ0n) is 13.2. The fraction of sp³-hybridized carbons (Fsp3) is 0.444. The smallest absolute Gasteiger partial charge is 0.119 e. The number of benzene rings is 1. The van der Waals surface area contributed by atoms with E-state index in [0.717, 1.165) is 37.5 Å². The molecule has 0 saturated carbocycles. The Balaban J connectivity index is 2.18. The highest BCUT2D eigenvalue weighted by Gasteiger charge is 2.17. The molecule has 0 radical (unpaired) electrons. The molecule has 1 atom stereocenters. The topological polar surface area (TPSA) is 34.4 Å². The molecule has 0 fully saturated rings. The number of hydrogen-bond donors (Lipinski definition) is 1. The Morgan fingerprint density at radius 2 is 1.86 bits per heavy atom. The SMILES string of the molecule is CCCNC(c1ccc(OCCC)cc1)c1ccoc1C. The molecular formula is C18H25NO2. The molecule has 0 aliphatic carbocycles. The van der Waals surface area contributed by atoms with Gasteiger partial charge in [0.15, 0.2) is 0 Å². The lowest BCUT2D eigenvalue weighted by Gasteiger charge is -2.19. The van der Waals surface area contributed by atoms with Crippen LogP contribution in [0.25, 0.3) is 0 Å². The standard InChI is InChI=1S/C18H25NO2/c1-4-11-19-18(17-10-13-20-14(17)3)15-6-8-16(9-7-15)21-12-5-2/h6-10,13,18-19H,4-5,11-12H2,1-3H3. The van der Waals surface area contributed by atoms with Crippen molar-refractivity contribution in [2.45, 2.75) is 39.7 Å². The summed E-state index contributed by atoms with van der Waals surface area (Å²) < 4.78 is 11.1. The minimum absolute atomic E-state index is 0.170. The molecule has 3 nitrogen and oxygen atoms in total. The van der Waals surface area contributed by atoms with Crippen molar-refractivity contribution in [2.75, 3.05) is 13.2 Å². The van der Waals surface area contributed by atoms with Crippen LogP contribution in [0, 0.1) is 6.92 Å². The molecule has 1 aromatic heterocycles. The maximum Gasteiger partial charge on any atom is 0.119 e. The first kappa shape index (κ1) is 15.6. The fourth-order valence-electron chi connectivity index (χ4n) is 2.37. The molecule has 1 unspecified atom stereocenters. The van der Waals surface area contributed by atoms with Crippen LogP contribution < -0.4 is 10.1 Å². The highest BCUT2D eigenvalue weighted by atomic mass is 16.5. The summed E-state index contributed by atoms with van der Waals surface area (Å²) in [5, 5.41) is 3.59. The Labute approximate surface area is 127 Å². The van der Waals surface area contributed by atoms with Crippen LogP contribution in [0.2, 0.25) is 0 Å². The van der Waals surface area contributed by atoms with Crippen molar-refractivity contribution >= 4 is 0 Å². The van der Waals surface area contributed by atoms with E-state index in [0.29, 0.717) is 0 Å². The van der Waals surface area contributed by atoms with Crippen LogP contribution in [0.5, 0.6) is 5.75 Å². The molecule has 0 bridgehead atoms. The summed E-state index contributed by atoms with van der Waals surface area (Å²) in [4.78, 5) is 0. The van der Waals surface area contributed by atoms with E-state index >= 15 is 0 Å². The molecule has 1 aromatic carbocycles. The van der Waals surface area contributed by atoms with Gasteiger partial charge in [-0.15, -0.1) is 0 Å². The van der Waals surface area contributed by atoms with Gasteiger partial charge in [-0.05, 0) is 50.1 Å². The summed E-state index contributed by atoms with van der Waals surface area (Å²) in [7, 11) is 0. The van der Waals surface area contributed by atoms with Gasteiger partial charge in [-0.3, -0.25) is 0 Å². The molecule has 0 spiro atoms. The fourth-order valence-corrected chi connectivity index (χ4v) is 2.37. The van der Waals surface area contributed by atoms with Crippen molar-refractivity contribution in [2.24, 2.45) is 0 Å². The lowest BCUT2D eigenvalue weighted by molar-refractivity contribution is 0.317. The van der Waals surface area contributed by atoms with Crippen LogP contribution in [0.15, 0.2) is 41.0 Å². The minimum Gasteiger partial charge on any atom is -0.494 e. The maximum absolute atomic E-state index is 5.65. The van der Waals surface area contributed by atoms with Crippen LogP contribution in [0.4, 0.5) is 0 Å². The third kappa shape index (κ3) is 4.11. The predicted molar refractivity (Wildman–Crippen MR) is 85.8 cm³/mol. The predicted octanol–water partition coefficient (Wildman–Crippen LogP) is 4.47. The zero-order valence-corrected chi connectivity index (χ0v) is 13.2. The summed E-state index contributed by atoms with van der Waals surface area (Å²) in [6.07, 6.45) is 3.88. The van der Waals surface area contributed by atoms with Crippen molar-refractivity contribution in [3.8, 4) is 5.75 Å². The summed E-state index contributed by atoms with van der Waals surface area (Å²) in [5.74, 6) is 1.90. The number of hydrogen-bond acceptors (Lipinski definition) is 3. The van der Waals surface area contributed by atoms with E-state index in [-0.39, 0.29) is 6.04 Å². The molecule has 0 amide bonds. The Kier molecular flexibility index (Phi) is 5.88. The van der Waals surface area contributed by atoms with Crippen LogP contribution in [-0.4, -0.2) is 13.2 Å². The first-order valence-corrected chi connectivity index (χ1v) is 7.76. The number of rotatable bonds is 8. The highest BCUT2D eigenvalue weighted by Crippen LogP contribution is 2.27. The molecular weight excluding hydrogens is 262 g/mol. The van der Waals surface area contributed by atoms with Gasteiger partial charge in [0.05, 0.1) is 18.9 Å². The number of aryl methyl sites for hydroxylation is 1. The summed E-state index contributed by atoms with van der Waals surface area (Å²) in [6, 6.07) is 10.6. The summed E-state index contributed by atoms with van der Waals surface area (Å²) in [5.41, 5.74) is 2.43. The minimum atomic E-state index is 0.170. The molecule has 2 aromatic rings. The molecule has 2 rings (SSSR count). The molecule has 0 saturated heterocycles. The van der Waals surface area contributed by atoms with E-state index in [1.54, 1.807) is 6.26 Å². The second kappa shape index (κ2) is 7.89. The Morgan fingerprint density at radius 1 is 1.10 bits per heavy atom. The third-order valence-electron chi connectivity index (χ3n) is 3.49. The monoisotopic (exact) mass is 287 g/mol. The summed E-state index contributed by atoms with van der Waals surface area (Å²) >= 11 is 0. The quantitative estimate of drug-likeness (QED) is 0.778. The van der Waals surface area contributed by atoms with Gasteiger partial charge in [-0.1, -0.05) is 26.0 Å². The van der Waals surface area contributed by atoms with Crippen molar-refractivity contribution in [1.82, 2.24) is 5.32 Å². The largest absolute Gasteiger partial charge is 0.494 e. The van der Waals surface area contributed by atoms with Crippen molar-refractivity contribution in [1.29, 1.82) is 0 Å². The number of ether oxygens (including phenoxy) is 1. The Bertz CT molecular complexity index is 530. The van der Waals surface area contributed by atoms with Gasteiger partial charge < -0.3 is 14.5 Å². The van der Waals surface area contributed by atoms with E-state index in [1.807, 2.05) is 25.1 Å². The van der Waals surface area contributed by atoms with Gasteiger partial charge in [-0.25, -0.2) is 0 Å². The molecule has 1 N–H and O–H groups in total. The van der Waals surface area contributed by atoms with Crippen molar-refractivity contribution in [3.63, 3.8) is 0 Å². The first-order valence-electron chi connectivity index (χ1n) is 7.76. The maximum atomic E-state index is 5.65. The molecule has 0 aliphatic rings. The molecule has 114 valence electrons. The average Bonchev–Trinajstić information content (AvgIpc) is 2.93. The molecule has 1 heterocycles. The molecule has 0 aliphatic heterocycles. The average molecular weight is 287 g/mol. The van der Waals surface area contributed by atoms with Gasteiger partial charge in [-0.2, -0.15) is 0 Å². The van der Waals surface area contributed by atoms with Gasteiger partial charge >= 0.3 is 0 Å². The van der Waals surface area contributed by atoms with E-state index in [4.69, 9.17) is 9.15 Å². The first-order chi connectivity index (χ1) is 10.3. The van der Waals surface area contributed by atoms with E-state index < -0.39 is 0 Å². The lowest BCUT2D eigenvalue weighted by Crippen LogP contribution is -2.23. The van der Waals surface area contributed by atoms with Gasteiger partial charge in [0, 0.05) is 5.56 Å². The number of furan rings is 1. The van der Waals surface area contributed by atoms with E-state index in [1.165, 1.54) is 11.1 Å². The second-order valence-electron chi connectivity index (χ2n) is 5.24. The van der Waals surface area contributed by atoms with Gasteiger partial charge in [0.2, 0.25) is 0 Å². The second-order valence-corrected chi connectivity index (χ2v) is 5.24. The third-order valence-corrected chi connectivity index (χ3v) is 3.49. The van der Waals surface area contributed by atoms with Crippen LogP contribution in [0.1, 0.15) is 49.6 Å². The Hall–Kier alpha value is -1.74.